The van der Waals surface area contributed by atoms with Crippen LogP contribution in [0.1, 0.15) is 19.3 Å². The number of hydrogen-bond acceptors (Lipinski definition) is 1. The monoisotopic (exact) mass is 196 g/mol. The van der Waals surface area contributed by atoms with Crippen LogP contribution < -0.4 is 4.90 Å². The molecule has 0 aromatic heterocycles. The van der Waals surface area contributed by atoms with E-state index in [9.17, 15) is 8.78 Å². The molecule has 1 aromatic rings. The van der Waals surface area contributed by atoms with Gasteiger partial charge in [-0.1, -0.05) is 12.1 Å². The van der Waals surface area contributed by atoms with Crippen LogP contribution in [0.4, 0.5) is 14.5 Å². The maximum atomic E-state index is 13.5. The molecular weight excluding hydrogens is 184 g/mol. The van der Waals surface area contributed by atoms with Crippen molar-refractivity contribution in [3.63, 3.8) is 0 Å². The molecule has 75 valence electrons. The second kappa shape index (κ2) is 3.56. The van der Waals surface area contributed by atoms with Crippen LogP contribution in [-0.2, 0) is 0 Å². The summed E-state index contributed by atoms with van der Waals surface area (Å²) in [6.07, 6.45) is 1.41. The number of alkyl halides is 2. The van der Waals surface area contributed by atoms with E-state index in [0.717, 1.165) is 6.42 Å². The highest BCUT2D eigenvalue weighted by molar-refractivity contribution is 5.47. The molecule has 0 spiro atoms. The molecular formula is C11H12F2N. The average Bonchev–Trinajstić information content (AvgIpc) is 2.18. The molecule has 1 aliphatic heterocycles. The summed E-state index contributed by atoms with van der Waals surface area (Å²) >= 11 is 0. The number of anilines is 1. The standard InChI is InChI=1S/C11H12F2N/c12-11(13)8-4-5-9-14(11)10-6-2-1-3-7-10/h1-2,6-7H,4-5,8-9H2. The Hall–Kier alpha value is -1.12. The summed E-state index contributed by atoms with van der Waals surface area (Å²) < 4.78 is 26.9. The van der Waals surface area contributed by atoms with Crippen molar-refractivity contribution in [2.24, 2.45) is 0 Å². The minimum atomic E-state index is -2.69. The summed E-state index contributed by atoms with van der Waals surface area (Å²) in [6, 6.07) is 6.90. The Labute approximate surface area is 82.3 Å². The van der Waals surface area contributed by atoms with Crippen LogP contribution in [0.5, 0.6) is 0 Å². The highest BCUT2D eigenvalue weighted by atomic mass is 19.3. The van der Waals surface area contributed by atoms with Crippen molar-refractivity contribution in [2.45, 2.75) is 25.3 Å². The summed E-state index contributed by atoms with van der Waals surface area (Å²) in [4.78, 5) is 1.17. The molecule has 0 amide bonds. The van der Waals surface area contributed by atoms with Gasteiger partial charge in [0.25, 0.3) is 0 Å². The number of benzene rings is 1. The lowest BCUT2D eigenvalue weighted by atomic mass is 10.1. The largest absolute Gasteiger partial charge is 0.325 e. The number of nitrogens with zero attached hydrogens (tertiary/aromatic N) is 1. The Morgan fingerprint density at radius 2 is 2.21 bits per heavy atom. The van der Waals surface area contributed by atoms with Gasteiger partial charge in [0, 0.05) is 18.7 Å². The van der Waals surface area contributed by atoms with Crippen molar-refractivity contribution in [3.8, 4) is 0 Å². The zero-order valence-corrected chi connectivity index (χ0v) is 7.84. The summed E-state index contributed by atoms with van der Waals surface area (Å²) in [5.74, 6) is 0. The lowest BCUT2D eigenvalue weighted by Crippen LogP contribution is -2.45. The van der Waals surface area contributed by atoms with Gasteiger partial charge in [-0.25, -0.2) is 0 Å². The van der Waals surface area contributed by atoms with E-state index in [1.807, 2.05) is 0 Å². The SMILES string of the molecule is FC1(F)CCCCN1c1c[c]ccc1. The van der Waals surface area contributed by atoms with Gasteiger partial charge >= 0.3 is 6.05 Å². The second-order valence-electron chi connectivity index (χ2n) is 3.54. The van der Waals surface area contributed by atoms with Gasteiger partial charge in [0.05, 0.1) is 0 Å². The van der Waals surface area contributed by atoms with E-state index in [0.29, 0.717) is 18.7 Å². The molecule has 2 rings (SSSR count). The Balaban J connectivity index is 2.24. The van der Waals surface area contributed by atoms with Gasteiger partial charge < -0.3 is 4.90 Å². The molecule has 1 radical (unpaired) electrons. The molecule has 0 N–H and O–H groups in total. The molecule has 1 aromatic carbocycles. The van der Waals surface area contributed by atoms with E-state index in [4.69, 9.17) is 0 Å². The van der Waals surface area contributed by atoms with Gasteiger partial charge in [0.1, 0.15) is 0 Å². The lowest BCUT2D eigenvalue weighted by molar-refractivity contribution is -0.0248. The fraction of sp³-hybridized carbons (Fsp3) is 0.455. The average molecular weight is 196 g/mol. The Bertz CT molecular complexity index is 297. The third kappa shape index (κ3) is 1.72. The van der Waals surface area contributed by atoms with E-state index in [-0.39, 0.29) is 6.42 Å². The molecule has 1 nitrogen and oxygen atoms in total. The van der Waals surface area contributed by atoms with Crippen molar-refractivity contribution >= 4 is 5.69 Å². The van der Waals surface area contributed by atoms with Gasteiger partial charge in [-0.15, -0.1) is 0 Å². The number of rotatable bonds is 1. The maximum Gasteiger partial charge on any atom is 0.325 e. The number of hydrogen-bond donors (Lipinski definition) is 0. The van der Waals surface area contributed by atoms with E-state index in [2.05, 4.69) is 6.07 Å². The summed E-state index contributed by atoms with van der Waals surface area (Å²) in [6.45, 7) is 0.435. The first kappa shape index (κ1) is 9.44. The predicted molar refractivity (Wildman–Crippen MR) is 51.4 cm³/mol. The van der Waals surface area contributed by atoms with Crippen LogP contribution >= 0.6 is 0 Å². The molecule has 0 bridgehead atoms. The van der Waals surface area contributed by atoms with Crippen LogP contribution in [0.3, 0.4) is 0 Å². The van der Waals surface area contributed by atoms with Crippen molar-refractivity contribution in [1.29, 1.82) is 0 Å². The smallest absolute Gasteiger partial charge is 0.313 e. The Morgan fingerprint density at radius 3 is 2.86 bits per heavy atom. The van der Waals surface area contributed by atoms with E-state index in [1.165, 1.54) is 4.90 Å². The molecule has 1 aliphatic rings. The second-order valence-corrected chi connectivity index (χ2v) is 3.54. The topological polar surface area (TPSA) is 3.24 Å². The van der Waals surface area contributed by atoms with Crippen LogP contribution in [0.2, 0.25) is 0 Å². The maximum absolute atomic E-state index is 13.5. The molecule has 3 heteroatoms. The van der Waals surface area contributed by atoms with Gasteiger partial charge in [0.15, 0.2) is 0 Å². The predicted octanol–water partition coefficient (Wildman–Crippen LogP) is 3.07. The fourth-order valence-electron chi connectivity index (χ4n) is 1.78. The Kier molecular flexibility index (Phi) is 2.40. The molecule has 0 aliphatic carbocycles. The third-order valence-electron chi connectivity index (χ3n) is 2.51. The van der Waals surface area contributed by atoms with Gasteiger partial charge in [0.2, 0.25) is 0 Å². The molecule has 1 heterocycles. The first-order chi connectivity index (χ1) is 6.70. The van der Waals surface area contributed by atoms with Crippen molar-refractivity contribution in [3.05, 3.63) is 30.3 Å². The molecule has 0 saturated carbocycles. The van der Waals surface area contributed by atoms with Crippen LogP contribution in [-0.4, -0.2) is 12.6 Å². The molecule has 1 saturated heterocycles. The van der Waals surface area contributed by atoms with Crippen molar-refractivity contribution < 1.29 is 8.78 Å². The Morgan fingerprint density at radius 1 is 1.36 bits per heavy atom. The van der Waals surface area contributed by atoms with Crippen LogP contribution in [0.15, 0.2) is 24.3 Å². The van der Waals surface area contributed by atoms with Gasteiger partial charge in [-0.3, -0.25) is 0 Å². The van der Waals surface area contributed by atoms with Gasteiger partial charge in [-0.2, -0.15) is 8.78 Å². The molecule has 14 heavy (non-hydrogen) atoms. The minimum Gasteiger partial charge on any atom is -0.313 e. The zero-order valence-electron chi connectivity index (χ0n) is 7.84. The van der Waals surface area contributed by atoms with E-state index >= 15 is 0 Å². The lowest BCUT2D eigenvalue weighted by Gasteiger charge is -2.36. The fourth-order valence-corrected chi connectivity index (χ4v) is 1.78. The highest BCUT2D eigenvalue weighted by Crippen LogP contribution is 2.34. The third-order valence-corrected chi connectivity index (χ3v) is 2.51. The first-order valence-electron chi connectivity index (χ1n) is 4.82. The normalized spacial score (nSPS) is 20.9. The van der Waals surface area contributed by atoms with Crippen molar-refractivity contribution in [1.82, 2.24) is 0 Å². The van der Waals surface area contributed by atoms with Crippen molar-refractivity contribution in [2.75, 3.05) is 11.4 Å². The zero-order chi connectivity index (χ0) is 10.0. The molecule has 0 atom stereocenters. The number of halogens is 2. The van der Waals surface area contributed by atoms with Gasteiger partial charge in [-0.05, 0) is 31.0 Å². The summed E-state index contributed by atoms with van der Waals surface area (Å²) in [7, 11) is 0. The number of piperidine rings is 1. The van der Waals surface area contributed by atoms with Crippen LogP contribution in [0, 0.1) is 6.07 Å². The summed E-state index contributed by atoms with van der Waals surface area (Å²) in [5, 5.41) is 0. The van der Waals surface area contributed by atoms with E-state index < -0.39 is 6.05 Å². The summed E-state index contributed by atoms with van der Waals surface area (Å²) in [5.41, 5.74) is 0.567. The van der Waals surface area contributed by atoms with E-state index in [1.54, 1.807) is 24.3 Å². The van der Waals surface area contributed by atoms with Crippen LogP contribution in [0.25, 0.3) is 0 Å². The quantitative estimate of drug-likeness (QED) is 0.624. The molecule has 1 fully saturated rings. The first-order valence-corrected chi connectivity index (χ1v) is 4.82. The minimum absolute atomic E-state index is 0.0398. The highest BCUT2D eigenvalue weighted by Gasteiger charge is 2.38. The molecule has 0 unspecified atom stereocenters.